The summed E-state index contributed by atoms with van der Waals surface area (Å²) in [5.41, 5.74) is 6.76. The zero-order valence-electron chi connectivity index (χ0n) is 7.61. The molecule has 0 saturated heterocycles. The molecule has 2 heterocycles. The summed E-state index contributed by atoms with van der Waals surface area (Å²) < 4.78 is 0.990. The first-order chi connectivity index (χ1) is 6.18. The Hall–Kier alpha value is -1.16. The summed E-state index contributed by atoms with van der Waals surface area (Å²) in [6.45, 7) is 4.12. The van der Waals surface area contributed by atoms with Crippen molar-refractivity contribution in [3.8, 4) is 0 Å². The molecule has 0 fully saturated rings. The van der Waals surface area contributed by atoms with Crippen LogP contribution in [0.2, 0.25) is 0 Å². The molecule has 4 heteroatoms. The van der Waals surface area contributed by atoms with Gasteiger partial charge < -0.3 is 5.73 Å². The predicted molar refractivity (Wildman–Crippen MR) is 55.9 cm³/mol. The molecule has 0 unspecified atom stereocenters. The van der Waals surface area contributed by atoms with Gasteiger partial charge in [-0.3, -0.25) is 0 Å². The third-order valence-corrected chi connectivity index (χ3v) is 2.79. The number of anilines is 1. The van der Waals surface area contributed by atoms with Gasteiger partial charge in [-0.25, -0.2) is 9.97 Å². The second-order valence-electron chi connectivity index (χ2n) is 3.26. The zero-order chi connectivity index (χ0) is 9.42. The highest BCUT2D eigenvalue weighted by Gasteiger charge is 2.08. The minimum atomic E-state index is 0.326. The van der Waals surface area contributed by atoms with Gasteiger partial charge in [-0.2, -0.15) is 0 Å². The normalized spacial score (nSPS) is 11.3. The number of aromatic nitrogens is 2. The Morgan fingerprint density at radius 3 is 2.85 bits per heavy atom. The van der Waals surface area contributed by atoms with E-state index in [9.17, 15) is 0 Å². The molecule has 2 aromatic heterocycles. The molecule has 3 nitrogen and oxygen atoms in total. The molecule has 2 rings (SSSR count). The van der Waals surface area contributed by atoms with Crippen LogP contribution >= 0.6 is 11.3 Å². The first kappa shape index (κ1) is 8.44. The second-order valence-corrected chi connectivity index (χ2v) is 4.17. The molecular weight excluding hydrogens is 182 g/mol. The summed E-state index contributed by atoms with van der Waals surface area (Å²) in [4.78, 5) is 8.67. The van der Waals surface area contributed by atoms with Crippen molar-refractivity contribution in [3.05, 3.63) is 17.3 Å². The van der Waals surface area contributed by atoms with Crippen molar-refractivity contribution in [3.63, 3.8) is 0 Å². The van der Waals surface area contributed by atoms with Gasteiger partial charge in [0.15, 0.2) is 0 Å². The van der Waals surface area contributed by atoms with Crippen LogP contribution < -0.4 is 5.73 Å². The summed E-state index contributed by atoms with van der Waals surface area (Å²) in [5.74, 6) is 1.75. The molecule has 68 valence electrons. The van der Waals surface area contributed by atoms with Crippen molar-refractivity contribution in [1.29, 1.82) is 0 Å². The Bertz CT molecular complexity index is 433. The van der Waals surface area contributed by atoms with Gasteiger partial charge in [0.05, 0.1) is 10.2 Å². The average molecular weight is 193 g/mol. The third kappa shape index (κ3) is 1.37. The van der Waals surface area contributed by atoms with E-state index >= 15 is 0 Å². The fraction of sp³-hybridized carbons (Fsp3) is 0.333. The standard InChI is InChI=1S/C9H11N3S/c1-5(2)9-11-6-3-4-13-7(6)8(10)12-9/h3-5H,1-2H3,(H2,10,11,12). The Kier molecular flexibility index (Phi) is 1.92. The Balaban J connectivity index is 2.70. The summed E-state index contributed by atoms with van der Waals surface area (Å²) >= 11 is 1.58. The van der Waals surface area contributed by atoms with Crippen molar-refractivity contribution < 1.29 is 0 Å². The largest absolute Gasteiger partial charge is 0.382 e. The molecule has 13 heavy (non-hydrogen) atoms. The van der Waals surface area contributed by atoms with E-state index in [2.05, 4.69) is 23.8 Å². The van der Waals surface area contributed by atoms with Gasteiger partial charge in [0.25, 0.3) is 0 Å². The number of rotatable bonds is 1. The molecule has 0 aliphatic carbocycles. The van der Waals surface area contributed by atoms with Gasteiger partial charge in [0, 0.05) is 5.92 Å². The lowest BCUT2D eigenvalue weighted by Crippen LogP contribution is -2.00. The molecule has 0 radical (unpaired) electrons. The SMILES string of the molecule is CC(C)c1nc(N)c2sccc2n1. The molecule has 2 aromatic rings. The minimum absolute atomic E-state index is 0.326. The van der Waals surface area contributed by atoms with Gasteiger partial charge in [-0.1, -0.05) is 13.8 Å². The van der Waals surface area contributed by atoms with Crippen LogP contribution in [0, 0.1) is 0 Å². The summed E-state index contributed by atoms with van der Waals surface area (Å²) in [7, 11) is 0. The predicted octanol–water partition coefficient (Wildman–Crippen LogP) is 2.40. The van der Waals surface area contributed by atoms with E-state index in [0.29, 0.717) is 11.7 Å². The Labute approximate surface area is 80.6 Å². The number of hydrogen-bond acceptors (Lipinski definition) is 4. The quantitative estimate of drug-likeness (QED) is 0.756. The Morgan fingerprint density at radius 1 is 1.38 bits per heavy atom. The highest BCUT2D eigenvalue weighted by Crippen LogP contribution is 2.25. The topological polar surface area (TPSA) is 51.8 Å². The van der Waals surface area contributed by atoms with Gasteiger partial charge in [0.1, 0.15) is 11.6 Å². The highest BCUT2D eigenvalue weighted by molar-refractivity contribution is 7.17. The van der Waals surface area contributed by atoms with Crippen molar-refractivity contribution in [2.75, 3.05) is 5.73 Å². The fourth-order valence-electron chi connectivity index (χ4n) is 1.16. The van der Waals surface area contributed by atoms with Gasteiger partial charge in [-0.15, -0.1) is 11.3 Å². The average Bonchev–Trinajstić information content (AvgIpc) is 2.51. The van der Waals surface area contributed by atoms with E-state index in [1.165, 1.54) is 0 Å². The maximum absolute atomic E-state index is 5.80. The van der Waals surface area contributed by atoms with E-state index < -0.39 is 0 Å². The molecule has 0 saturated carbocycles. The van der Waals surface area contributed by atoms with Crippen LogP contribution in [-0.4, -0.2) is 9.97 Å². The zero-order valence-corrected chi connectivity index (χ0v) is 8.43. The first-order valence-corrected chi connectivity index (χ1v) is 5.07. The van der Waals surface area contributed by atoms with Gasteiger partial charge >= 0.3 is 0 Å². The van der Waals surface area contributed by atoms with Crippen molar-refractivity contribution >= 4 is 27.4 Å². The van der Waals surface area contributed by atoms with Crippen LogP contribution in [0.25, 0.3) is 10.2 Å². The molecule has 0 aliphatic rings. The van der Waals surface area contributed by atoms with Crippen molar-refractivity contribution in [2.24, 2.45) is 0 Å². The number of nitrogens with two attached hydrogens (primary N) is 1. The van der Waals surface area contributed by atoms with E-state index in [1.807, 2.05) is 11.4 Å². The van der Waals surface area contributed by atoms with Crippen LogP contribution in [0.3, 0.4) is 0 Å². The van der Waals surface area contributed by atoms with E-state index in [1.54, 1.807) is 11.3 Å². The Morgan fingerprint density at radius 2 is 2.15 bits per heavy atom. The first-order valence-electron chi connectivity index (χ1n) is 4.19. The number of nitrogens with zero attached hydrogens (tertiary/aromatic N) is 2. The van der Waals surface area contributed by atoms with E-state index in [0.717, 1.165) is 16.0 Å². The molecule has 0 bridgehead atoms. The molecular formula is C9H11N3S. The summed E-state index contributed by atoms with van der Waals surface area (Å²) in [5, 5.41) is 1.99. The van der Waals surface area contributed by atoms with Crippen LogP contribution in [0.5, 0.6) is 0 Å². The molecule has 0 amide bonds. The maximum atomic E-state index is 5.80. The van der Waals surface area contributed by atoms with Crippen molar-refractivity contribution in [1.82, 2.24) is 9.97 Å². The fourth-order valence-corrected chi connectivity index (χ4v) is 1.90. The monoisotopic (exact) mass is 193 g/mol. The van der Waals surface area contributed by atoms with Gasteiger partial charge in [0.2, 0.25) is 0 Å². The van der Waals surface area contributed by atoms with Crippen LogP contribution in [-0.2, 0) is 0 Å². The molecule has 0 spiro atoms. The number of nitrogen functional groups attached to an aromatic ring is 1. The lowest BCUT2D eigenvalue weighted by Gasteiger charge is -2.04. The lowest BCUT2D eigenvalue weighted by molar-refractivity contribution is 0.786. The molecule has 0 aromatic carbocycles. The van der Waals surface area contributed by atoms with E-state index in [4.69, 9.17) is 5.73 Å². The summed E-state index contributed by atoms with van der Waals surface area (Å²) in [6.07, 6.45) is 0. The van der Waals surface area contributed by atoms with Gasteiger partial charge in [-0.05, 0) is 11.4 Å². The number of thiophene rings is 1. The lowest BCUT2D eigenvalue weighted by atomic mass is 10.2. The molecule has 0 atom stereocenters. The molecule has 0 aliphatic heterocycles. The van der Waals surface area contributed by atoms with E-state index in [-0.39, 0.29) is 0 Å². The van der Waals surface area contributed by atoms with Crippen LogP contribution in [0.1, 0.15) is 25.6 Å². The number of hydrogen-bond donors (Lipinski definition) is 1. The van der Waals surface area contributed by atoms with Crippen LogP contribution in [0.15, 0.2) is 11.4 Å². The maximum Gasteiger partial charge on any atom is 0.145 e. The van der Waals surface area contributed by atoms with Crippen LogP contribution in [0.4, 0.5) is 5.82 Å². The van der Waals surface area contributed by atoms with Crippen molar-refractivity contribution in [2.45, 2.75) is 19.8 Å². The summed E-state index contributed by atoms with van der Waals surface area (Å²) in [6, 6.07) is 1.98. The number of fused-ring (bicyclic) bond motifs is 1. The highest BCUT2D eigenvalue weighted by atomic mass is 32.1. The second kappa shape index (κ2) is 2.96. The molecule has 2 N–H and O–H groups in total. The smallest absolute Gasteiger partial charge is 0.145 e. The minimum Gasteiger partial charge on any atom is -0.382 e. The third-order valence-electron chi connectivity index (χ3n) is 1.86.